The molecule has 0 aliphatic carbocycles. The molecule has 0 saturated carbocycles. The number of hydrogen-bond donors (Lipinski definition) is 0. The molecule has 4 nitrogen and oxygen atoms in total. The van der Waals surface area contributed by atoms with Crippen molar-refractivity contribution in [3.63, 3.8) is 0 Å². The van der Waals surface area contributed by atoms with Crippen LogP contribution in [0.15, 0.2) is 17.4 Å². The zero-order chi connectivity index (χ0) is 8.55. The van der Waals surface area contributed by atoms with Crippen molar-refractivity contribution in [2.45, 2.75) is 0 Å². The highest BCUT2D eigenvalue weighted by molar-refractivity contribution is 5.94. The number of aliphatic imine (C=N–C) groups is 1. The second kappa shape index (κ2) is 2.55. The van der Waals surface area contributed by atoms with E-state index >= 15 is 0 Å². The van der Waals surface area contributed by atoms with Crippen LogP contribution in [0.1, 0.15) is 5.82 Å². The maximum absolute atomic E-state index is 4.32. The molecule has 0 fully saturated rings. The molecule has 1 aliphatic rings. The van der Waals surface area contributed by atoms with E-state index in [1.807, 2.05) is 35.6 Å². The molecule has 1 aromatic rings. The molecule has 0 spiro atoms. The number of amidine groups is 1. The van der Waals surface area contributed by atoms with E-state index in [9.17, 15) is 0 Å². The molecule has 2 rings (SSSR count). The summed E-state index contributed by atoms with van der Waals surface area (Å²) in [6.45, 7) is 0.763. The zero-order valence-corrected chi connectivity index (χ0v) is 7.23. The minimum atomic E-state index is 0.763. The van der Waals surface area contributed by atoms with Crippen LogP contribution in [0.4, 0.5) is 0 Å². The highest BCUT2D eigenvalue weighted by atomic mass is 15.2. The fourth-order valence-corrected chi connectivity index (χ4v) is 1.26. The standard InChI is InChI=1S/C8H11N4/c1-11-5-3-9-7(11)8-10-4-6-12(8)2/h3,5-6H,4H2,1-2H3/q+1. The third kappa shape index (κ3) is 0.958. The molecule has 0 saturated heterocycles. The summed E-state index contributed by atoms with van der Waals surface area (Å²) >= 11 is 0. The summed E-state index contributed by atoms with van der Waals surface area (Å²) in [5, 5.41) is 0. The molecule has 0 N–H and O–H groups in total. The van der Waals surface area contributed by atoms with Crippen molar-refractivity contribution < 1.29 is 4.58 Å². The van der Waals surface area contributed by atoms with Gasteiger partial charge in [0.25, 0.3) is 0 Å². The van der Waals surface area contributed by atoms with E-state index in [2.05, 4.69) is 9.98 Å². The lowest BCUT2D eigenvalue weighted by Gasteiger charge is -1.96. The fraction of sp³-hybridized carbons (Fsp3) is 0.375. The van der Waals surface area contributed by atoms with Crippen LogP contribution in [-0.2, 0) is 7.05 Å². The predicted molar refractivity (Wildman–Crippen MR) is 46.9 cm³/mol. The summed E-state index contributed by atoms with van der Waals surface area (Å²) in [6.07, 6.45) is 5.73. The van der Waals surface area contributed by atoms with Gasteiger partial charge in [-0.15, -0.1) is 0 Å². The van der Waals surface area contributed by atoms with Gasteiger partial charge in [-0.1, -0.05) is 4.99 Å². The molecule has 0 bridgehead atoms. The number of imidazole rings is 1. The molecule has 62 valence electrons. The predicted octanol–water partition coefficient (Wildman–Crippen LogP) is -0.107. The Morgan fingerprint density at radius 1 is 1.58 bits per heavy atom. The van der Waals surface area contributed by atoms with Gasteiger partial charge >= 0.3 is 5.84 Å². The van der Waals surface area contributed by atoms with Crippen molar-refractivity contribution in [1.29, 1.82) is 0 Å². The third-order valence-electron chi connectivity index (χ3n) is 1.95. The summed E-state index contributed by atoms with van der Waals surface area (Å²) < 4.78 is 3.97. The molecule has 1 aliphatic heterocycles. The molecule has 2 heterocycles. The Kier molecular flexibility index (Phi) is 1.53. The number of rotatable bonds is 1. The molecule has 12 heavy (non-hydrogen) atoms. The zero-order valence-electron chi connectivity index (χ0n) is 7.23. The highest BCUT2D eigenvalue weighted by Gasteiger charge is 2.22. The van der Waals surface area contributed by atoms with E-state index < -0.39 is 0 Å². The average Bonchev–Trinajstić information content (AvgIpc) is 2.59. The Hall–Kier alpha value is -1.45. The monoisotopic (exact) mass is 163 g/mol. The summed E-state index contributed by atoms with van der Waals surface area (Å²) in [5.41, 5.74) is 0. The van der Waals surface area contributed by atoms with Gasteiger partial charge in [-0.2, -0.15) is 0 Å². The Balaban J connectivity index is 2.44. The van der Waals surface area contributed by atoms with Crippen molar-refractivity contribution in [2.75, 3.05) is 13.6 Å². The number of nitrogens with zero attached hydrogens (tertiary/aromatic N) is 4. The minimum absolute atomic E-state index is 0.763. The van der Waals surface area contributed by atoms with Gasteiger partial charge < -0.3 is 4.57 Å². The molecule has 4 heteroatoms. The Morgan fingerprint density at radius 2 is 2.42 bits per heavy atom. The molecule has 0 atom stereocenters. The van der Waals surface area contributed by atoms with Crippen LogP contribution < -0.4 is 0 Å². The van der Waals surface area contributed by atoms with Gasteiger partial charge in [-0.3, -0.25) is 0 Å². The number of aromatic nitrogens is 2. The van der Waals surface area contributed by atoms with Crippen LogP contribution in [0.2, 0.25) is 0 Å². The maximum Gasteiger partial charge on any atom is 0.361 e. The molecule has 1 aromatic heterocycles. The van der Waals surface area contributed by atoms with Crippen molar-refractivity contribution in [1.82, 2.24) is 9.55 Å². The second-order valence-electron chi connectivity index (χ2n) is 2.82. The van der Waals surface area contributed by atoms with E-state index in [1.54, 1.807) is 6.20 Å². The van der Waals surface area contributed by atoms with E-state index in [0.29, 0.717) is 0 Å². The second-order valence-corrected chi connectivity index (χ2v) is 2.82. The molecular weight excluding hydrogens is 152 g/mol. The van der Waals surface area contributed by atoms with E-state index in [-0.39, 0.29) is 0 Å². The van der Waals surface area contributed by atoms with Crippen molar-refractivity contribution in [3.8, 4) is 0 Å². The summed E-state index contributed by atoms with van der Waals surface area (Å²) in [7, 11) is 3.96. The molecule has 0 aromatic carbocycles. The van der Waals surface area contributed by atoms with Gasteiger partial charge in [0.15, 0.2) is 6.54 Å². The van der Waals surface area contributed by atoms with E-state index in [4.69, 9.17) is 0 Å². The molecule has 0 amide bonds. The van der Waals surface area contributed by atoms with Crippen LogP contribution in [0.5, 0.6) is 0 Å². The van der Waals surface area contributed by atoms with Gasteiger partial charge in [0, 0.05) is 19.4 Å². The SMILES string of the molecule is Cn1ccnc1C1=NCC=[N+]1C. The first kappa shape index (κ1) is 7.21. The van der Waals surface area contributed by atoms with Gasteiger partial charge in [0.2, 0.25) is 5.82 Å². The molecular formula is C8H11N4+. The van der Waals surface area contributed by atoms with Gasteiger partial charge in [-0.25, -0.2) is 9.56 Å². The first-order valence-electron chi connectivity index (χ1n) is 3.87. The van der Waals surface area contributed by atoms with Crippen molar-refractivity contribution in [3.05, 3.63) is 18.2 Å². The Bertz CT molecular complexity index is 359. The summed E-state index contributed by atoms with van der Waals surface area (Å²) in [4.78, 5) is 8.54. The first-order chi connectivity index (χ1) is 5.79. The lowest BCUT2D eigenvalue weighted by Crippen LogP contribution is -2.18. The number of aryl methyl sites for hydroxylation is 1. The van der Waals surface area contributed by atoms with Crippen LogP contribution in [0.25, 0.3) is 0 Å². The average molecular weight is 163 g/mol. The largest absolute Gasteiger partial charge is 0.361 e. The first-order valence-corrected chi connectivity index (χ1v) is 3.87. The summed E-state index contributed by atoms with van der Waals surface area (Å²) in [6, 6.07) is 0. The Morgan fingerprint density at radius 3 is 2.92 bits per heavy atom. The lowest BCUT2D eigenvalue weighted by molar-refractivity contribution is -0.361. The van der Waals surface area contributed by atoms with Crippen LogP contribution in [0.3, 0.4) is 0 Å². The van der Waals surface area contributed by atoms with Crippen molar-refractivity contribution >= 4 is 12.1 Å². The molecule has 0 radical (unpaired) electrons. The lowest BCUT2D eigenvalue weighted by atomic mass is 10.5. The normalized spacial score (nSPS) is 16.2. The highest BCUT2D eigenvalue weighted by Crippen LogP contribution is 2.00. The van der Waals surface area contributed by atoms with Crippen LogP contribution >= 0.6 is 0 Å². The van der Waals surface area contributed by atoms with E-state index in [1.165, 1.54) is 0 Å². The van der Waals surface area contributed by atoms with Gasteiger partial charge in [0.05, 0.1) is 7.05 Å². The number of hydrogen-bond acceptors (Lipinski definition) is 2. The van der Waals surface area contributed by atoms with Crippen LogP contribution in [0, 0.1) is 0 Å². The molecule has 0 unspecified atom stereocenters. The van der Waals surface area contributed by atoms with E-state index in [0.717, 1.165) is 18.2 Å². The summed E-state index contributed by atoms with van der Waals surface area (Å²) in [5.74, 6) is 1.87. The Labute approximate surface area is 70.9 Å². The van der Waals surface area contributed by atoms with Gasteiger partial charge in [0.1, 0.15) is 6.21 Å². The topological polar surface area (TPSA) is 33.2 Å². The van der Waals surface area contributed by atoms with Crippen LogP contribution in [-0.4, -0.2) is 39.8 Å². The third-order valence-corrected chi connectivity index (χ3v) is 1.95. The van der Waals surface area contributed by atoms with Crippen molar-refractivity contribution in [2.24, 2.45) is 12.0 Å². The minimum Gasteiger partial charge on any atom is -0.328 e. The van der Waals surface area contributed by atoms with Gasteiger partial charge in [-0.05, 0) is 0 Å². The maximum atomic E-state index is 4.32. The fourth-order valence-electron chi connectivity index (χ4n) is 1.26. The smallest absolute Gasteiger partial charge is 0.328 e. The quantitative estimate of drug-likeness (QED) is 0.532.